The highest BCUT2D eigenvalue weighted by atomic mass is 32.1. The Morgan fingerprint density at radius 3 is 2.71 bits per heavy atom. The van der Waals surface area contributed by atoms with Crippen molar-refractivity contribution in [2.45, 2.75) is 39.7 Å². The van der Waals surface area contributed by atoms with E-state index in [1.807, 2.05) is 42.2 Å². The third kappa shape index (κ3) is 3.74. The van der Waals surface area contributed by atoms with Crippen LogP contribution >= 0.6 is 11.3 Å². The number of aryl methyl sites for hydroxylation is 1. The van der Waals surface area contributed by atoms with Crippen LogP contribution in [0.25, 0.3) is 20.7 Å². The molecule has 0 unspecified atom stereocenters. The number of benzene rings is 1. The van der Waals surface area contributed by atoms with E-state index in [4.69, 9.17) is 0 Å². The van der Waals surface area contributed by atoms with Gasteiger partial charge in [-0.05, 0) is 43.2 Å². The van der Waals surface area contributed by atoms with E-state index < -0.39 is 0 Å². The molecule has 1 aliphatic carbocycles. The van der Waals surface area contributed by atoms with E-state index in [9.17, 15) is 9.59 Å². The van der Waals surface area contributed by atoms with Crippen molar-refractivity contribution in [2.24, 2.45) is 5.92 Å². The highest BCUT2D eigenvalue weighted by molar-refractivity contribution is 7.22. The largest absolute Gasteiger partial charge is 0.341 e. The van der Waals surface area contributed by atoms with Gasteiger partial charge >= 0.3 is 0 Å². The lowest BCUT2D eigenvalue weighted by atomic mass is 10.1. The molecule has 0 saturated heterocycles. The number of carbonyl (C=O) groups is 1. The van der Waals surface area contributed by atoms with E-state index in [-0.39, 0.29) is 18.0 Å². The first-order valence-electron chi connectivity index (χ1n) is 9.90. The van der Waals surface area contributed by atoms with Gasteiger partial charge in [0.2, 0.25) is 5.91 Å². The van der Waals surface area contributed by atoms with Crippen molar-refractivity contribution in [3.8, 4) is 10.4 Å². The van der Waals surface area contributed by atoms with Gasteiger partial charge < -0.3 is 4.90 Å². The Morgan fingerprint density at radius 1 is 1.29 bits per heavy atom. The van der Waals surface area contributed by atoms with Crippen molar-refractivity contribution >= 4 is 27.5 Å². The number of hydrogen-bond acceptors (Lipinski definition) is 4. The van der Waals surface area contributed by atoms with E-state index in [0.717, 1.165) is 40.3 Å². The molecule has 3 aromatic rings. The lowest BCUT2D eigenvalue weighted by Crippen LogP contribution is -2.38. The average molecular weight is 396 g/mol. The van der Waals surface area contributed by atoms with Crippen molar-refractivity contribution in [2.75, 3.05) is 13.1 Å². The van der Waals surface area contributed by atoms with E-state index in [1.54, 1.807) is 0 Å². The molecule has 28 heavy (non-hydrogen) atoms. The van der Waals surface area contributed by atoms with Gasteiger partial charge in [0.15, 0.2) is 0 Å². The fourth-order valence-corrected chi connectivity index (χ4v) is 4.73. The maximum absolute atomic E-state index is 13.1. The fraction of sp³-hybridized carbons (Fsp3) is 0.409. The predicted molar refractivity (Wildman–Crippen MR) is 114 cm³/mol. The molecule has 1 amide bonds. The Kier molecular flexibility index (Phi) is 5.31. The second kappa shape index (κ2) is 7.87. The van der Waals surface area contributed by atoms with Gasteiger partial charge in [-0.15, -0.1) is 11.3 Å². The molecule has 6 heteroatoms. The predicted octanol–water partition coefficient (Wildman–Crippen LogP) is 4.08. The number of hydrogen-bond donors (Lipinski definition) is 0. The van der Waals surface area contributed by atoms with Gasteiger partial charge in [-0.2, -0.15) is 0 Å². The van der Waals surface area contributed by atoms with Crippen molar-refractivity contribution in [1.29, 1.82) is 0 Å². The van der Waals surface area contributed by atoms with Crippen molar-refractivity contribution in [3.63, 3.8) is 0 Å². The van der Waals surface area contributed by atoms with Gasteiger partial charge in [0.25, 0.3) is 5.56 Å². The Labute approximate surface area is 168 Å². The molecule has 0 aliphatic heterocycles. The van der Waals surface area contributed by atoms with Gasteiger partial charge in [-0.3, -0.25) is 14.2 Å². The molecule has 1 aliphatic rings. The van der Waals surface area contributed by atoms with Gasteiger partial charge in [0.1, 0.15) is 11.4 Å². The normalized spacial score (nSPS) is 13.8. The summed E-state index contributed by atoms with van der Waals surface area (Å²) in [5, 5.41) is 0.628. The first kappa shape index (κ1) is 18.9. The SMILES string of the molecule is CCCN(CC1CC1)C(=O)Cn1cnc2sc(-c3ccccc3)c(C)c2c1=O. The first-order chi connectivity index (χ1) is 13.6. The van der Waals surface area contributed by atoms with E-state index in [2.05, 4.69) is 11.9 Å². The molecule has 1 aromatic carbocycles. The lowest BCUT2D eigenvalue weighted by molar-refractivity contribution is -0.132. The standard InChI is InChI=1S/C22H25N3O2S/c1-3-11-24(12-16-9-10-16)18(26)13-25-14-23-21-19(22(25)27)15(2)20(28-21)17-7-5-4-6-8-17/h4-8,14,16H,3,9-13H2,1-2H3. The molecule has 0 atom stereocenters. The Bertz CT molecular complexity index is 1050. The Morgan fingerprint density at radius 2 is 2.04 bits per heavy atom. The minimum Gasteiger partial charge on any atom is -0.341 e. The third-order valence-electron chi connectivity index (χ3n) is 5.28. The van der Waals surface area contributed by atoms with Crippen LogP contribution in [-0.2, 0) is 11.3 Å². The van der Waals surface area contributed by atoms with Crippen LogP contribution in [0.2, 0.25) is 0 Å². The van der Waals surface area contributed by atoms with Gasteiger partial charge in [-0.25, -0.2) is 4.98 Å². The minimum absolute atomic E-state index is 0.00756. The number of fused-ring (bicyclic) bond motifs is 1. The average Bonchev–Trinajstić information content (AvgIpc) is 3.45. The molecular weight excluding hydrogens is 370 g/mol. The van der Waals surface area contributed by atoms with Crippen LogP contribution in [0, 0.1) is 12.8 Å². The summed E-state index contributed by atoms with van der Waals surface area (Å²) in [6, 6.07) is 10.0. The number of thiophene rings is 1. The summed E-state index contributed by atoms with van der Waals surface area (Å²) in [6.45, 7) is 5.66. The summed E-state index contributed by atoms with van der Waals surface area (Å²) >= 11 is 1.53. The van der Waals surface area contributed by atoms with Crippen LogP contribution in [0.1, 0.15) is 31.7 Å². The summed E-state index contributed by atoms with van der Waals surface area (Å²) in [6.07, 6.45) is 4.86. The summed E-state index contributed by atoms with van der Waals surface area (Å²) in [5.41, 5.74) is 1.90. The molecule has 2 heterocycles. The maximum Gasteiger partial charge on any atom is 0.262 e. The number of carbonyl (C=O) groups excluding carboxylic acids is 1. The molecule has 0 spiro atoms. The zero-order valence-electron chi connectivity index (χ0n) is 16.4. The zero-order chi connectivity index (χ0) is 19.7. The molecule has 0 radical (unpaired) electrons. The van der Waals surface area contributed by atoms with Crippen LogP contribution in [0.4, 0.5) is 0 Å². The Balaban J connectivity index is 1.65. The molecule has 1 fully saturated rings. The molecule has 0 bridgehead atoms. The summed E-state index contributed by atoms with van der Waals surface area (Å²) in [7, 11) is 0. The highest BCUT2D eigenvalue weighted by Gasteiger charge is 2.26. The molecule has 5 nitrogen and oxygen atoms in total. The summed E-state index contributed by atoms with van der Waals surface area (Å²) in [5.74, 6) is 0.647. The molecule has 146 valence electrons. The number of aromatic nitrogens is 2. The topological polar surface area (TPSA) is 55.2 Å². The molecular formula is C22H25N3O2S. The molecule has 1 saturated carbocycles. The van der Waals surface area contributed by atoms with Crippen LogP contribution in [-0.4, -0.2) is 33.4 Å². The van der Waals surface area contributed by atoms with Crippen LogP contribution < -0.4 is 5.56 Å². The quantitative estimate of drug-likeness (QED) is 0.606. The fourth-order valence-electron chi connectivity index (χ4n) is 3.58. The summed E-state index contributed by atoms with van der Waals surface area (Å²) in [4.78, 5) is 34.1. The van der Waals surface area contributed by atoms with Crippen LogP contribution in [0.5, 0.6) is 0 Å². The van der Waals surface area contributed by atoms with Crippen molar-refractivity contribution < 1.29 is 4.79 Å². The highest BCUT2D eigenvalue weighted by Crippen LogP contribution is 2.35. The van der Waals surface area contributed by atoms with E-state index >= 15 is 0 Å². The maximum atomic E-state index is 13.1. The number of amides is 1. The van der Waals surface area contributed by atoms with Gasteiger partial charge in [-0.1, -0.05) is 37.3 Å². The minimum atomic E-state index is -0.128. The first-order valence-corrected chi connectivity index (χ1v) is 10.7. The third-order valence-corrected chi connectivity index (χ3v) is 6.53. The second-order valence-corrected chi connectivity index (χ2v) is 8.56. The monoisotopic (exact) mass is 395 g/mol. The van der Waals surface area contributed by atoms with E-state index in [0.29, 0.717) is 11.3 Å². The zero-order valence-corrected chi connectivity index (χ0v) is 17.2. The molecule has 0 N–H and O–H groups in total. The molecule has 2 aromatic heterocycles. The summed E-state index contributed by atoms with van der Waals surface area (Å²) < 4.78 is 1.47. The van der Waals surface area contributed by atoms with E-state index in [1.165, 1.54) is 35.1 Å². The van der Waals surface area contributed by atoms with Crippen LogP contribution in [0.3, 0.4) is 0 Å². The van der Waals surface area contributed by atoms with Gasteiger partial charge in [0, 0.05) is 18.0 Å². The number of rotatable bonds is 7. The van der Waals surface area contributed by atoms with Gasteiger partial charge in [0.05, 0.1) is 11.7 Å². The van der Waals surface area contributed by atoms with Crippen molar-refractivity contribution in [1.82, 2.24) is 14.5 Å². The number of nitrogens with zero attached hydrogens (tertiary/aromatic N) is 3. The lowest BCUT2D eigenvalue weighted by Gasteiger charge is -2.22. The molecule has 4 rings (SSSR count). The smallest absolute Gasteiger partial charge is 0.262 e. The second-order valence-electron chi connectivity index (χ2n) is 7.56. The van der Waals surface area contributed by atoms with Crippen molar-refractivity contribution in [3.05, 3.63) is 52.6 Å². The Hall–Kier alpha value is -2.47. The van der Waals surface area contributed by atoms with Crippen LogP contribution in [0.15, 0.2) is 41.5 Å².